The number of nitrogens with one attached hydrogen (secondary N) is 1. The Hall–Kier alpha value is -2.38. The molecule has 6 nitrogen and oxygen atoms in total. The van der Waals surface area contributed by atoms with Crippen LogP contribution in [0.1, 0.15) is 33.3 Å². The molecule has 9 heteroatoms. The van der Waals surface area contributed by atoms with Gasteiger partial charge in [0.05, 0.1) is 28.6 Å². The van der Waals surface area contributed by atoms with Crippen molar-refractivity contribution in [2.24, 2.45) is 10.6 Å². The summed E-state index contributed by atoms with van der Waals surface area (Å²) in [6.07, 6.45) is 3.12. The number of anilines is 1. The number of fused-ring (bicyclic) bond motifs is 1. The van der Waals surface area contributed by atoms with Crippen molar-refractivity contribution in [2.45, 2.75) is 33.7 Å². The highest BCUT2D eigenvalue weighted by Crippen LogP contribution is 2.40. The van der Waals surface area contributed by atoms with Crippen LogP contribution < -0.4 is 5.32 Å². The van der Waals surface area contributed by atoms with Crippen LogP contribution in [0.3, 0.4) is 0 Å². The first kappa shape index (κ1) is 21.3. The highest BCUT2D eigenvalue weighted by molar-refractivity contribution is 6.36. The molecule has 0 saturated carbocycles. The molecule has 0 saturated heterocycles. The van der Waals surface area contributed by atoms with Crippen LogP contribution in [-0.2, 0) is 4.84 Å². The van der Waals surface area contributed by atoms with Crippen LogP contribution >= 0.6 is 23.2 Å². The second-order valence-corrected chi connectivity index (χ2v) is 8.50. The zero-order chi connectivity index (χ0) is 21.3. The van der Waals surface area contributed by atoms with E-state index in [-0.39, 0.29) is 21.6 Å². The maximum absolute atomic E-state index is 13.6. The fourth-order valence-corrected chi connectivity index (χ4v) is 3.20. The molecular formula is C20H22Cl2FN5O. The van der Waals surface area contributed by atoms with E-state index < -0.39 is 5.82 Å². The van der Waals surface area contributed by atoms with Gasteiger partial charge in [0.15, 0.2) is 5.65 Å². The normalized spacial score (nSPS) is 13.2. The third kappa shape index (κ3) is 4.31. The summed E-state index contributed by atoms with van der Waals surface area (Å²) in [5, 5.41) is 12.2. The quantitative estimate of drug-likeness (QED) is 0.317. The van der Waals surface area contributed by atoms with Crippen LogP contribution in [-0.4, -0.2) is 34.0 Å². The zero-order valence-corrected chi connectivity index (χ0v) is 18.3. The maximum Gasteiger partial charge on any atom is 0.167 e. The minimum absolute atomic E-state index is 0.0439. The molecule has 3 rings (SSSR count). The van der Waals surface area contributed by atoms with Crippen LogP contribution in [0.5, 0.6) is 0 Å². The van der Waals surface area contributed by atoms with Crippen molar-refractivity contribution < 1.29 is 9.23 Å². The van der Waals surface area contributed by atoms with Crippen LogP contribution in [0.15, 0.2) is 29.6 Å². The summed E-state index contributed by atoms with van der Waals surface area (Å²) in [6, 6.07) is 4.20. The Balaban J connectivity index is 2.30. The first-order chi connectivity index (χ1) is 13.6. The minimum Gasteiger partial charge on any atom is -0.399 e. The number of hydrogen-bond acceptors (Lipinski definition) is 5. The average molecular weight is 438 g/mol. The average Bonchev–Trinajstić information content (AvgIpc) is 3.02. The molecular weight excluding hydrogens is 416 g/mol. The van der Waals surface area contributed by atoms with E-state index >= 15 is 0 Å². The molecule has 1 atom stereocenters. The molecule has 0 radical (unpaired) electrons. The second-order valence-electron chi connectivity index (χ2n) is 7.73. The number of rotatable bonds is 5. The summed E-state index contributed by atoms with van der Waals surface area (Å²) in [6.45, 7) is 8.42. The van der Waals surface area contributed by atoms with E-state index in [1.807, 2.05) is 0 Å². The van der Waals surface area contributed by atoms with Gasteiger partial charge in [-0.25, -0.2) is 9.37 Å². The fourth-order valence-electron chi connectivity index (χ4n) is 2.67. The second kappa shape index (κ2) is 8.16. The van der Waals surface area contributed by atoms with E-state index in [9.17, 15) is 4.39 Å². The van der Waals surface area contributed by atoms with Gasteiger partial charge in [0, 0.05) is 11.6 Å². The third-order valence-corrected chi connectivity index (χ3v) is 5.37. The smallest absolute Gasteiger partial charge is 0.167 e. The number of aromatic nitrogens is 3. The number of benzene rings is 1. The molecule has 0 aliphatic rings. The number of oxime groups is 1. The molecule has 2 aromatic heterocycles. The third-order valence-electron chi connectivity index (χ3n) is 4.78. The maximum atomic E-state index is 13.6. The van der Waals surface area contributed by atoms with Crippen LogP contribution in [0.2, 0.25) is 10.2 Å². The van der Waals surface area contributed by atoms with Crippen molar-refractivity contribution in [2.75, 3.05) is 12.4 Å². The number of halogens is 3. The van der Waals surface area contributed by atoms with Crippen molar-refractivity contribution in [3.05, 3.63) is 46.0 Å². The Labute approximate surface area is 178 Å². The Morgan fingerprint density at radius 2 is 2.03 bits per heavy atom. The molecule has 0 bridgehead atoms. The summed E-state index contributed by atoms with van der Waals surface area (Å²) < 4.78 is 15.3. The van der Waals surface area contributed by atoms with E-state index in [0.29, 0.717) is 28.2 Å². The molecule has 154 valence electrons. The monoisotopic (exact) mass is 437 g/mol. The van der Waals surface area contributed by atoms with Gasteiger partial charge in [-0.1, -0.05) is 49.1 Å². The van der Waals surface area contributed by atoms with Gasteiger partial charge in [-0.2, -0.15) is 9.61 Å². The van der Waals surface area contributed by atoms with Crippen LogP contribution in [0.25, 0.3) is 16.8 Å². The van der Waals surface area contributed by atoms with E-state index in [1.165, 1.54) is 25.5 Å². The summed E-state index contributed by atoms with van der Waals surface area (Å²) in [7, 11) is 1.45. The largest absolute Gasteiger partial charge is 0.399 e. The Bertz CT molecular complexity index is 1070. The van der Waals surface area contributed by atoms with Crippen LogP contribution in [0, 0.1) is 11.2 Å². The number of nitrogens with zero attached hydrogens (tertiary/aromatic N) is 4. The summed E-state index contributed by atoms with van der Waals surface area (Å²) >= 11 is 12.9. The lowest BCUT2D eigenvalue weighted by Crippen LogP contribution is -2.32. The van der Waals surface area contributed by atoms with Gasteiger partial charge in [-0.15, -0.1) is 0 Å². The van der Waals surface area contributed by atoms with Gasteiger partial charge in [0.2, 0.25) is 0 Å². The van der Waals surface area contributed by atoms with Gasteiger partial charge < -0.3 is 10.2 Å². The molecule has 0 aliphatic heterocycles. The van der Waals surface area contributed by atoms with Crippen molar-refractivity contribution >= 4 is 40.9 Å². The van der Waals surface area contributed by atoms with Gasteiger partial charge in [-0.05, 0) is 30.5 Å². The summed E-state index contributed by atoms with van der Waals surface area (Å²) in [5.74, 6) is 0.173. The van der Waals surface area contributed by atoms with Crippen molar-refractivity contribution in [3.63, 3.8) is 0 Å². The molecule has 1 N–H and O–H groups in total. The molecule has 0 aliphatic carbocycles. The van der Waals surface area contributed by atoms with E-state index in [4.69, 9.17) is 28.0 Å². The molecule has 0 fully saturated rings. The minimum atomic E-state index is -0.432. The van der Waals surface area contributed by atoms with E-state index in [2.05, 4.69) is 48.3 Å². The molecule has 1 unspecified atom stereocenters. The Morgan fingerprint density at radius 3 is 2.66 bits per heavy atom. The molecule has 0 spiro atoms. The lowest BCUT2D eigenvalue weighted by Gasteiger charge is -2.30. The van der Waals surface area contributed by atoms with Gasteiger partial charge in [0.25, 0.3) is 0 Å². The number of hydrogen-bond donors (Lipinski definition) is 1. The van der Waals surface area contributed by atoms with E-state index in [1.54, 1.807) is 16.8 Å². The zero-order valence-electron chi connectivity index (χ0n) is 16.8. The molecule has 1 aromatic carbocycles. The first-order valence-electron chi connectivity index (χ1n) is 8.99. The van der Waals surface area contributed by atoms with Crippen LogP contribution in [0.4, 0.5) is 10.2 Å². The summed E-state index contributed by atoms with van der Waals surface area (Å²) in [5.41, 5.74) is 2.18. The van der Waals surface area contributed by atoms with Crippen molar-refractivity contribution in [1.82, 2.24) is 14.6 Å². The summed E-state index contributed by atoms with van der Waals surface area (Å²) in [4.78, 5) is 9.24. The first-order valence-corrected chi connectivity index (χ1v) is 9.74. The fraction of sp³-hybridized carbons (Fsp3) is 0.350. The Morgan fingerprint density at radius 1 is 1.31 bits per heavy atom. The van der Waals surface area contributed by atoms with Crippen molar-refractivity contribution in [3.8, 4) is 11.1 Å². The van der Waals surface area contributed by atoms with Gasteiger partial charge >= 0.3 is 0 Å². The molecule has 2 heterocycles. The predicted octanol–water partition coefficient (Wildman–Crippen LogP) is 5.67. The lowest BCUT2D eigenvalue weighted by atomic mass is 9.88. The lowest BCUT2D eigenvalue weighted by molar-refractivity contribution is 0.215. The molecule has 29 heavy (non-hydrogen) atoms. The highest BCUT2D eigenvalue weighted by atomic mass is 35.5. The predicted molar refractivity (Wildman–Crippen MR) is 116 cm³/mol. The van der Waals surface area contributed by atoms with E-state index in [0.717, 1.165) is 0 Å². The SMILES string of the molecule is CO/N=C\c1cnn2c(NC(C)C(C)(C)C)c(-c3ccc(F)cc3Cl)c(Cl)nc12. The van der Waals surface area contributed by atoms with Crippen molar-refractivity contribution in [1.29, 1.82) is 0 Å². The molecule has 0 amide bonds. The van der Waals surface area contributed by atoms with Gasteiger partial charge in [-0.3, -0.25) is 0 Å². The van der Waals surface area contributed by atoms with Gasteiger partial charge in [0.1, 0.15) is 23.9 Å². The standard InChI is InChI=1S/C20H22Cl2FN5O/c1-11(20(2,3)4)26-19-16(14-7-6-13(23)8-15(14)21)17(22)27-18-12(10-25-29-5)9-24-28(18)19/h6-11,26H,1-5H3/b25-10-. The topological polar surface area (TPSA) is 63.8 Å². The molecule has 3 aromatic rings. The Kier molecular flexibility index (Phi) is 6.00. The highest BCUT2D eigenvalue weighted by Gasteiger charge is 2.26.